The molecule has 0 atom stereocenters. The van der Waals surface area contributed by atoms with Gasteiger partial charge in [-0.05, 0) is 13.0 Å². The van der Waals surface area contributed by atoms with Crippen molar-refractivity contribution < 1.29 is 32.4 Å². The Morgan fingerprint density at radius 1 is 1.40 bits per heavy atom. The first-order chi connectivity index (χ1) is 9.22. The molecule has 0 amide bonds. The summed E-state index contributed by atoms with van der Waals surface area (Å²) in [7, 11) is 1.10. The molecular formula is C11H10F3NO5. The Labute approximate surface area is 111 Å². The number of nitro groups is 1. The van der Waals surface area contributed by atoms with Gasteiger partial charge in [-0.1, -0.05) is 0 Å². The second-order valence-corrected chi connectivity index (χ2v) is 3.54. The summed E-state index contributed by atoms with van der Waals surface area (Å²) in [5.41, 5.74) is -1.65. The van der Waals surface area contributed by atoms with Crippen molar-refractivity contribution in [3.05, 3.63) is 27.8 Å². The number of alkyl halides is 3. The lowest BCUT2D eigenvalue weighted by molar-refractivity contribution is -0.386. The van der Waals surface area contributed by atoms with Gasteiger partial charge in [0.1, 0.15) is 0 Å². The fourth-order valence-corrected chi connectivity index (χ4v) is 1.46. The normalized spacial score (nSPS) is 11.1. The lowest BCUT2D eigenvalue weighted by atomic mass is 10.1. The fraction of sp³-hybridized carbons (Fsp3) is 0.364. The Morgan fingerprint density at radius 2 is 2.00 bits per heavy atom. The number of nitrogens with zero attached hydrogens (tertiary/aromatic N) is 1. The Balaban J connectivity index is 3.48. The van der Waals surface area contributed by atoms with E-state index in [1.54, 1.807) is 0 Å². The minimum Gasteiger partial charge on any atom is -0.493 e. The molecule has 0 radical (unpaired) electrons. The van der Waals surface area contributed by atoms with E-state index in [9.17, 15) is 28.1 Å². The zero-order valence-corrected chi connectivity index (χ0v) is 10.5. The number of ketones is 1. The van der Waals surface area contributed by atoms with Crippen LogP contribution in [0.25, 0.3) is 0 Å². The number of rotatable bonds is 5. The van der Waals surface area contributed by atoms with Crippen molar-refractivity contribution in [1.29, 1.82) is 0 Å². The molecule has 20 heavy (non-hydrogen) atoms. The monoisotopic (exact) mass is 293 g/mol. The molecule has 0 spiro atoms. The van der Waals surface area contributed by atoms with Gasteiger partial charge in [0.25, 0.3) is 5.78 Å². The highest BCUT2D eigenvalue weighted by Crippen LogP contribution is 2.39. The lowest BCUT2D eigenvalue weighted by Gasteiger charge is -2.12. The molecule has 1 aromatic carbocycles. The molecular weight excluding hydrogens is 283 g/mol. The average molecular weight is 293 g/mol. The standard InChI is InChI=1S/C11H10F3NO5/c1-3-20-9-7(15(17)18)4-6(5-8(9)19-2)10(16)11(12,13)14/h4-5H,3H2,1-2H3. The summed E-state index contributed by atoms with van der Waals surface area (Å²) >= 11 is 0. The number of Topliss-reactive ketones (excluding diaryl/α,β-unsaturated/α-hetero) is 1. The van der Waals surface area contributed by atoms with Crippen molar-refractivity contribution in [3.63, 3.8) is 0 Å². The predicted molar refractivity (Wildman–Crippen MR) is 61.2 cm³/mol. The number of methoxy groups -OCH3 is 1. The second-order valence-electron chi connectivity index (χ2n) is 3.54. The number of carbonyl (C=O) groups is 1. The van der Waals surface area contributed by atoms with Crippen LogP contribution in [-0.2, 0) is 0 Å². The minimum absolute atomic E-state index is 0.0454. The summed E-state index contributed by atoms with van der Waals surface area (Å²) in [6.45, 7) is 1.59. The summed E-state index contributed by atoms with van der Waals surface area (Å²) < 4.78 is 46.8. The number of nitro benzene ring substituents is 1. The molecule has 0 bridgehead atoms. The summed E-state index contributed by atoms with van der Waals surface area (Å²) in [6, 6.07) is 1.27. The molecule has 1 aromatic rings. The maximum atomic E-state index is 12.4. The van der Waals surface area contributed by atoms with E-state index in [-0.39, 0.29) is 18.1 Å². The van der Waals surface area contributed by atoms with E-state index in [2.05, 4.69) is 0 Å². The second kappa shape index (κ2) is 5.76. The summed E-state index contributed by atoms with van der Waals surface area (Å²) in [4.78, 5) is 21.1. The summed E-state index contributed by atoms with van der Waals surface area (Å²) in [5.74, 6) is -2.82. The molecule has 0 saturated heterocycles. The molecule has 0 fully saturated rings. The Morgan fingerprint density at radius 3 is 2.40 bits per heavy atom. The zero-order chi connectivity index (χ0) is 15.5. The van der Waals surface area contributed by atoms with Crippen LogP contribution in [0, 0.1) is 10.1 Å². The zero-order valence-electron chi connectivity index (χ0n) is 10.5. The van der Waals surface area contributed by atoms with Crippen molar-refractivity contribution in [1.82, 2.24) is 0 Å². The SMILES string of the molecule is CCOc1c(OC)cc(C(=O)C(F)(F)F)cc1[N+](=O)[O-]. The van der Waals surface area contributed by atoms with E-state index in [4.69, 9.17) is 9.47 Å². The van der Waals surface area contributed by atoms with Crippen molar-refractivity contribution in [2.75, 3.05) is 13.7 Å². The van der Waals surface area contributed by atoms with Crippen LogP contribution in [0.15, 0.2) is 12.1 Å². The third-order valence-electron chi connectivity index (χ3n) is 2.26. The van der Waals surface area contributed by atoms with Gasteiger partial charge in [-0.2, -0.15) is 13.2 Å². The molecule has 110 valence electrons. The molecule has 0 saturated carbocycles. The molecule has 0 aliphatic heterocycles. The highest BCUT2D eigenvalue weighted by molar-refractivity contribution is 6.01. The molecule has 6 nitrogen and oxygen atoms in total. The highest BCUT2D eigenvalue weighted by atomic mass is 19.4. The smallest absolute Gasteiger partial charge is 0.454 e. The average Bonchev–Trinajstić information content (AvgIpc) is 2.36. The van der Waals surface area contributed by atoms with Crippen LogP contribution in [0.1, 0.15) is 17.3 Å². The quantitative estimate of drug-likeness (QED) is 0.474. The van der Waals surface area contributed by atoms with Crippen LogP contribution >= 0.6 is 0 Å². The molecule has 0 aromatic heterocycles. The Bertz CT molecular complexity index is 542. The first-order valence-corrected chi connectivity index (χ1v) is 5.33. The van der Waals surface area contributed by atoms with Crippen LogP contribution < -0.4 is 9.47 Å². The maximum absolute atomic E-state index is 12.4. The van der Waals surface area contributed by atoms with E-state index in [0.717, 1.165) is 13.2 Å². The molecule has 0 N–H and O–H groups in total. The van der Waals surface area contributed by atoms with Crippen molar-refractivity contribution in [2.24, 2.45) is 0 Å². The van der Waals surface area contributed by atoms with Gasteiger partial charge in [0.05, 0.1) is 18.6 Å². The summed E-state index contributed by atoms with van der Waals surface area (Å²) in [5, 5.41) is 10.9. The van der Waals surface area contributed by atoms with Gasteiger partial charge >= 0.3 is 11.9 Å². The summed E-state index contributed by atoms with van der Waals surface area (Å²) in [6.07, 6.45) is -5.13. The number of ether oxygens (including phenoxy) is 2. The first kappa shape index (κ1) is 15.7. The molecule has 9 heteroatoms. The van der Waals surface area contributed by atoms with Gasteiger partial charge < -0.3 is 9.47 Å². The van der Waals surface area contributed by atoms with Gasteiger partial charge in [0.2, 0.25) is 5.75 Å². The molecule has 0 unspecified atom stereocenters. The minimum atomic E-state index is -5.13. The van der Waals surface area contributed by atoms with Gasteiger partial charge in [-0.25, -0.2) is 0 Å². The maximum Gasteiger partial charge on any atom is 0.454 e. The highest BCUT2D eigenvalue weighted by Gasteiger charge is 2.41. The van der Waals surface area contributed by atoms with Crippen LogP contribution in [0.3, 0.4) is 0 Å². The molecule has 1 rings (SSSR count). The lowest BCUT2D eigenvalue weighted by Crippen LogP contribution is -2.23. The van der Waals surface area contributed by atoms with Crippen molar-refractivity contribution in [2.45, 2.75) is 13.1 Å². The largest absolute Gasteiger partial charge is 0.493 e. The fourth-order valence-electron chi connectivity index (χ4n) is 1.46. The van der Waals surface area contributed by atoms with E-state index in [1.165, 1.54) is 6.92 Å². The van der Waals surface area contributed by atoms with E-state index in [0.29, 0.717) is 6.07 Å². The van der Waals surface area contributed by atoms with Crippen LogP contribution in [-0.4, -0.2) is 30.6 Å². The van der Waals surface area contributed by atoms with Gasteiger partial charge in [0.15, 0.2) is 5.75 Å². The molecule has 0 aliphatic carbocycles. The first-order valence-electron chi connectivity index (χ1n) is 5.33. The van der Waals surface area contributed by atoms with E-state index < -0.39 is 28.1 Å². The van der Waals surface area contributed by atoms with Gasteiger partial charge in [-0.3, -0.25) is 14.9 Å². The van der Waals surface area contributed by atoms with Gasteiger partial charge in [0, 0.05) is 11.6 Å². The van der Waals surface area contributed by atoms with Crippen LogP contribution in [0.2, 0.25) is 0 Å². The number of hydrogen-bond acceptors (Lipinski definition) is 5. The third-order valence-corrected chi connectivity index (χ3v) is 2.26. The molecule has 0 heterocycles. The van der Waals surface area contributed by atoms with Crippen LogP contribution in [0.5, 0.6) is 11.5 Å². The van der Waals surface area contributed by atoms with Crippen LogP contribution in [0.4, 0.5) is 18.9 Å². The third kappa shape index (κ3) is 3.16. The number of carbonyl (C=O) groups excluding carboxylic acids is 1. The number of benzene rings is 1. The Kier molecular flexibility index (Phi) is 4.53. The van der Waals surface area contributed by atoms with E-state index >= 15 is 0 Å². The van der Waals surface area contributed by atoms with Crippen molar-refractivity contribution >= 4 is 11.5 Å². The molecule has 0 aliphatic rings. The van der Waals surface area contributed by atoms with Gasteiger partial charge in [-0.15, -0.1) is 0 Å². The number of hydrogen-bond donors (Lipinski definition) is 0. The topological polar surface area (TPSA) is 78.7 Å². The Hall–Kier alpha value is -2.32. The van der Waals surface area contributed by atoms with E-state index in [1.807, 2.05) is 0 Å². The number of halogens is 3. The van der Waals surface area contributed by atoms with Crippen molar-refractivity contribution in [3.8, 4) is 11.5 Å². The predicted octanol–water partition coefficient (Wildman–Crippen LogP) is 2.75.